The maximum Gasteiger partial charge on any atom is 0.513 e. The highest BCUT2D eigenvalue weighted by Crippen LogP contribution is 2.41. The molecular formula is C43H39N7O17S. The Hall–Kier alpha value is -8.87. The average molecular weight is 958 g/mol. The Morgan fingerprint density at radius 1 is 0.691 bits per heavy atom. The van der Waals surface area contributed by atoms with Crippen molar-refractivity contribution < 1.29 is 71.0 Å². The number of methoxy groups -OCH3 is 1. The molecule has 0 aliphatic carbocycles. The molecule has 6 rings (SSSR count). The van der Waals surface area contributed by atoms with Gasteiger partial charge in [-0.3, -0.25) is 4.72 Å². The van der Waals surface area contributed by atoms with Gasteiger partial charge in [0.2, 0.25) is 11.6 Å². The molecule has 25 heteroatoms. The monoisotopic (exact) mass is 957 g/mol. The Morgan fingerprint density at radius 3 is 1.81 bits per heavy atom. The number of aromatic nitrogens is 4. The van der Waals surface area contributed by atoms with Gasteiger partial charge in [-0.2, -0.15) is 4.98 Å². The summed E-state index contributed by atoms with van der Waals surface area (Å²) in [5.41, 5.74) is 0.667. The first-order valence-electron chi connectivity index (χ1n) is 19.8. The lowest BCUT2D eigenvalue weighted by atomic mass is 9.86. The van der Waals surface area contributed by atoms with E-state index >= 15 is 0 Å². The number of nitrogens with one attached hydrogen (secondary N) is 1. The molecule has 0 fully saturated rings. The molecular weight excluding hydrogens is 919 g/mol. The molecule has 0 unspecified atom stereocenters. The number of rotatable bonds is 22. The number of carbonyl (C=O) groups is 2. The smallest absolute Gasteiger partial charge is 0.493 e. The van der Waals surface area contributed by atoms with E-state index in [-0.39, 0.29) is 77.6 Å². The molecule has 0 amide bonds. The summed E-state index contributed by atoms with van der Waals surface area (Å²) in [5.74, 6) is -0.716. The van der Waals surface area contributed by atoms with Crippen LogP contribution in [0.1, 0.15) is 30.5 Å². The molecule has 2 heterocycles. The number of hydrogen-bond acceptors (Lipinski definition) is 21. The predicted molar refractivity (Wildman–Crippen MR) is 232 cm³/mol. The van der Waals surface area contributed by atoms with Crippen LogP contribution < -0.4 is 28.4 Å². The van der Waals surface area contributed by atoms with E-state index in [2.05, 4.69) is 34.3 Å². The van der Waals surface area contributed by atoms with Crippen LogP contribution in [0.4, 0.5) is 15.4 Å². The molecule has 0 bridgehead atoms. The number of ether oxygens (including phenoxy) is 7. The number of benzene rings is 4. The van der Waals surface area contributed by atoms with Gasteiger partial charge in [0.1, 0.15) is 44.5 Å². The number of anilines is 1. The maximum absolute atomic E-state index is 14.1. The molecule has 68 heavy (non-hydrogen) atoms. The normalized spacial score (nSPS) is 11.0. The van der Waals surface area contributed by atoms with Crippen LogP contribution in [-0.4, -0.2) is 77.8 Å². The Kier molecular flexibility index (Phi) is 16.0. The van der Waals surface area contributed by atoms with Crippen LogP contribution in [-0.2, 0) is 47.8 Å². The number of nitrogens with zero attached hydrogens (tertiary/aromatic N) is 6. The molecule has 24 nitrogen and oxygen atoms in total. The van der Waals surface area contributed by atoms with E-state index in [1.807, 2.05) is 0 Å². The highest BCUT2D eigenvalue weighted by molar-refractivity contribution is 7.92. The van der Waals surface area contributed by atoms with E-state index < -0.39 is 50.3 Å². The quantitative estimate of drug-likeness (QED) is 0.0234. The first-order valence-corrected chi connectivity index (χ1v) is 21.2. The molecule has 6 aromatic rings. The van der Waals surface area contributed by atoms with E-state index in [1.165, 1.54) is 98.4 Å². The largest absolute Gasteiger partial charge is 0.513 e. The van der Waals surface area contributed by atoms with Gasteiger partial charge in [-0.1, -0.05) is 62.4 Å². The van der Waals surface area contributed by atoms with Crippen molar-refractivity contribution in [2.75, 3.05) is 31.7 Å². The van der Waals surface area contributed by atoms with Crippen LogP contribution >= 0.6 is 0 Å². The second-order valence-corrected chi connectivity index (χ2v) is 16.0. The molecule has 0 aliphatic heterocycles. The first-order chi connectivity index (χ1) is 32.6. The zero-order valence-electron chi connectivity index (χ0n) is 36.0. The molecule has 354 valence electrons. The summed E-state index contributed by atoms with van der Waals surface area (Å²) < 4.78 is 69.2. The van der Waals surface area contributed by atoms with E-state index in [0.29, 0.717) is 16.7 Å². The van der Waals surface area contributed by atoms with Gasteiger partial charge in [0, 0.05) is 17.8 Å². The van der Waals surface area contributed by atoms with Gasteiger partial charge in [0.15, 0.2) is 23.1 Å². The number of sulfonamides is 1. The summed E-state index contributed by atoms with van der Waals surface area (Å²) in [5, 5.41) is 19.1. The molecule has 0 saturated heterocycles. The molecule has 4 aromatic carbocycles. The third kappa shape index (κ3) is 13.8. The average Bonchev–Trinajstić information content (AvgIpc) is 3.33. The fourth-order valence-corrected chi connectivity index (χ4v) is 6.69. The van der Waals surface area contributed by atoms with Crippen molar-refractivity contribution in [1.82, 2.24) is 19.9 Å². The summed E-state index contributed by atoms with van der Waals surface area (Å²) in [6, 6.07) is 25.2. The Morgan fingerprint density at radius 2 is 1.25 bits per heavy atom. The summed E-state index contributed by atoms with van der Waals surface area (Å²) in [7, 11) is -3.09. The second-order valence-electron chi connectivity index (χ2n) is 14.3. The Bertz CT molecular complexity index is 2820. The van der Waals surface area contributed by atoms with Crippen LogP contribution in [0.15, 0.2) is 120 Å². The fraction of sp³-hybridized carbons (Fsp3) is 0.209. The van der Waals surface area contributed by atoms with Crippen LogP contribution in [0, 0.1) is 20.2 Å². The third-order valence-corrected chi connectivity index (χ3v) is 10.4. The zero-order chi connectivity index (χ0) is 48.7. The molecule has 0 aliphatic rings. The number of carbonyl (C=O) groups excluding carboxylic acids is 2. The zero-order valence-corrected chi connectivity index (χ0v) is 36.9. The highest BCUT2D eigenvalue weighted by Gasteiger charge is 2.28. The number of hydrogen-bond donors (Lipinski definition) is 1. The third-order valence-electron chi connectivity index (χ3n) is 9.07. The van der Waals surface area contributed by atoms with Crippen LogP contribution in [0.5, 0.6) is 34.6 Å². The van der Waals surface area contributed by atoms with E-state index in [4.69, 9.17) is 33.2 Å². The van der Waals surface area contributed by atoms with E-state index in [1.54, 1.807) is 38.1 Å². The first kappa shape index (κ1) is 48.6. The van der Waals surface area contributed by atoms with E-state index in [9.17, 15) is 38.2 Å². The minimum absolute atomic E-state index is 0.0201. The topological polar surface area (TPSA) is 301 Å². The molecule has 0 atom stereocenters. The summed E-state index contributed by atoms with van der Waals surface area (Å²) in [6.07, 6.45) is 0.700. The van der Waals surface area contributed by atoms with Gasteiger partial charge in [-0.05, 0) is 71.3 Å². The second kappa shape index (κ2) is 22.4. The molecule has 0 saturated carbocycles. The van der Waals surface area contributed by atoms with Gasteiger partial charge < -0.3 is 42.8 Å². The van der Waals surface area contributed by atoms with Crippen molar-refractivity contribution in [3.8, 4) is 46.3 Å². The number of para-hydroxylation sites is 2. The minimum Gasteiger partial charge on any atom is -0.493 e. The lowest BCUT2D eigenvalue weighted by Crippen LogP contribution is -2.27. The van der Waals surface area contributed by atoms with Gasteiger partial charge in [0.05, 0.1) is 12.0 Å². The maximum atomic E-state index is 14.1. The van der Waals surface area contributed by atoms with Gasteiger partial charge in [-0.15, -0.1) is 20.2 Å². The predicted octanol–water partition coefficient (Wildman–Crippen LogP) is 7.04. The SMILES string of the molecule is COc1ccccc1Oc1c(NS(=O)(=O)c2ccc(C(C)(C)COC(=O)Oc3ccc(CO[N+](=O)[O-])cc3)cc2)nc(-c2ncccn2)nc1OCCOC(=O)Oc1ccc(CO[N+](=O)[O-])cc1. The summed E-state index contributed by atoms with van der Waals surface area (Å²) in [6.45, 7) is 1.99. The van der Waals surface area contributed by atoms with Crippen molar-refractivity contribution in [3.05, 3.63) is 152 Å². The van der Waals surface area contributed by atoms with Crippen molar-refractivity contribution in [3.63, 3.8) is 0 Å². The lowest BCUT2D eigenvalue weighted by molar-refractivity contribution is -0.763. The molecule has 0 radical (unpaired) electrons. The van der Waals surface area contributed by atoms with Crippen LogP contribution in [0.2, 0.25) is 0 Å². The Balaban J connectivity index is 1.19. The molecule has 0 spiro atoms. The van der Waals surface area contributed by atoms with Crippen molar-refractivity contribution in [1.29, 1.82) is 0 Å². The van der Waals surface area contributed by atoms with Crippen LogP contribution in [0.25, 0.3) is 11.6 Å². The van der Waals surface area contributed by atoms with E-state index in [0.717, 1.165) is 0 Å². The molecule has 2 aromatic heterocycles. The van der Waals surface area contributed by atoms with Crippen LogP contribution in [0.3, 0.4) is 0 Å². The lowest BCUT2D eigenvalue weighted by Gasteiger charge is -2.24. The highest BCUT2D eigenvalue weighted by atomic mass is 32.2. The van der Waals surface area contributed by atoms with Gasteiger partial charge in [-0.25, -0.2) is 33.0 Å². The summed E-state index contributed by atoms with van der Waals surface area (Å²) >= 11 is 0. The molecule has 1 N–H and O–H groups in total. The van der Waals surface area contributed by atoms with Crippen molar-refractivity contribution in [2.45, 2.75) is 37.4 Å². The standard InChI is InChI=1S/C43H39N7O17S/c1-43(2,27-62-42(52)66-32-17-11-29(12-18-32)26-64-50(55)56)30-13-19-33(20-14-30)68(57,58)48-37-36(67-35-8-5-4-7-34(35)59-3)40(47-39(46-37)38-44-21-6-22-45-38)60-23-24-61-41(51)65-31-15-9-28(10-16-31)25-63-49(53)54/h4-22H,23-27H2,1-3H3,(H,46,47,48). The van der Waals surface area contributed by atoms with Gasteiger partial charge >= 0.3 is 12.3 Å². The van der Waals surface area contributed by atoms with Crippen molar-refractivity contribution in [2.24, 2.45) is 0 Å². The summed E-state index contributed by atoms with van der Waals surface area (Å²) in [4.78, 5) is 71.6. The Labute approximate surface area is 385 Å². The van der Waals surface area contributed by atoms with Gasteiger partial charge in [0.25, 0.3) is 26.1 Å². The minimum atomic E-state index is -4.49. The fourth-order valence-electron chi connectivity index (χ4n) is 5.69. The van der Waals surface area contributed by atoms with Crippen molar-refractivity contribution >= 4 is 28.2 Å².